The molecule has 1 aliphatic heterocycles. The number of nitrogens with zero attached hydrogens (tertiary/aromatic N) is 4. The Labute approximate surface area is 182 Å². The smallest absolute Gasteiger partial charge is 0.410 e. The Bertz CT molecular complexity index is 961. The van der Waals surface area contributed by atoms with Crippen LogP contribution < -0.4 is 4.74 Å². The lowest BCUT2D eigenvalue weighted by Crippen LogP contribution is -2.51. The van der Waals surface area contributed by atoms with Crippen LogP contribution in [0.3, 0.4) is 0 Å². The molecule has 0 aliphatic carbocycles. The highest BCUT2D eigenvalue weighted by atomic mass is 32.2. The summed E-state index contributed by atoms with van der Waals surface area (Å²) in [4.78, 5) is 21.9. The summed E-state index contributed by atoms with van der Waals surface area (Å²) in [5.41, 5.74) is -0.240. The van der Waals surface area contributed by atoms with E-state index >= 15 is 0 Å². The van der Waals surface area contributed by atoms with Gasteiger partial charge in [-0.2, -0.15) is 4.31 Å². The lowest BCUT2D eigenvalue weighted by molar-refractivity contribution is 0.0192. The molecule has 30 heavy (non-hydrogen) atoms. The number of hydrogen-bond acceptors (Lipinski definition) is 8. The van der Waals surface area contributed by atoms with Crippen LogP contribution in [-0.2, 0) is 14.8 Å². The number of amides is 1. The molecule has 1 saturated heterocycles. The number of fused-ring (bicyclic) bond motifs is 1. The molecule has 2 aromatic rings. The maximum absolute atomic E-state index is 13.1. The molecule has 1 aliphatic rings. The van der Waals surface area contributed by atoms with Crippen LogP contribution in [-0.4, -0.2) is 72.6 Å². The molecule has 168 valence electrons. The van der Waals surface area contributed by atoms with E-state index in [-0.39, 0.29) is 31.1 Å². The minimum atomic E-state index is -3.74. The second kappa shape index (κ2) is 9.88. The van der Waals surface area contributed by atoms with Crippen LogP contribution in [0.4, 0.5) is 4.79 Å². The van der Waals surface area contributed by atoms with E-state index in [1.807, 2.05) is 0 Å². The second-order valence-corrected chi connectivity index (χ2v) is 10.5. The van der Waals surface area contributed by atoms with Gasteiger partial charge in [0.2, 0.25) is 15.9 Å². The minimum absolute atomic E-state index is 0.133. The van der Waals surface area contributed by atoms with Crippen molar-refractivity contribution in [1.82, 2.24) is 19.2 Å². The Kier molecular flexibility index (Phi) is 8.00. The van der Waals surface area contributed by atoms with Crippen LogP contribution in [0.15, 0.2) is 16.6 Å². The van der Waals surface area contributed by atoms with Gasteiger partial charge in [-0.1, -0.05) is 20.3 Å². The topological polar surface area (TPSA) is 102 Å². The molecule has 1 fully saturated rings. The molecule has 0 atom stereocenters. The molecule has 0 bridgehead atoms. The predicted octanol–water partition coefficient (Wildman–Crippen LogP) is 3.36. The van der Waals surface area contributed by atoms with Crippen molar-refractivity contribution in [3.05, 3.63) is 11.7 Å². The first-order valence-corrected chi connectivity index (χ1v) is 12.1. The number of methoxy groups -OCH3 is 1. The minimum Gasteiger partial charge on any atom is -0.480 e. The first kappa shape index (κ1) is 24.3. The van der Waals surface area contributed by atoms with Gasteiger partial charge in [-0.15, -0.1) is 11.3 Å². The fourth-order valence-electron chi connectivity index (χ4n) is 2.71. The van der Waals surface area contributed by atoms with Crippen molar-refractivity contribution in [3.8, 4) is 5.88 Å². The third kappa shape index (κ3) is 5.58. The van der Waals surface area contributed by atoms with E-state index in [0.717, 1.165) is 0 Å². The highest BCUT2D eigenvalue weighted by Gasteiger charge is 2.34. The quantitative estimate of drug-likeness (QED) is 0.695. The zero-order chi connectivity index (χ0) is 22.5. The number of ether oxygens (including phenoxy) is 2. The summed E-state index contributed by atoms with van der Waals surface area (Å²) in [7, 11) is -2.26. The number of carbonyl (C=O) groups is 1. The van der Waals surface area contributed by atoms with Crippen LogP contribution >= 0.6 is 11.3 Å². The Balaban J connectivity index is 0.00000101. The molecule has 9 nitrogen and oxygen atoms in total. The van der Waals surface area contributed by atoms with Gasteiger partial charge in [0.15, 0.2) is 0 Å². The molecular formula is C19H30N4O5S2. The van der Waals surface area contributed by atoms with E-state index in [0.29, 0.717) is 16.1 Å². The third-order valence-corrected chi connectivity index (χ3v) is 7.01. The highest BCUT2D eigenvalue weighted by molar-refractivity contribution is 7.89. The average molecular weight is 459 g/mol. The number of hydrogen-bond donors (Lipinski definition) is 0. The Hall–Kier alpha value is -1.98. The van der Waals surface area contributed by atoms with E-state index in [1.165, 1.54) is 40.4 Å². The maximum Gasteiger partial charge on any atom is 0.410 e. The summed E-state index contributed by atoms with van der Waals surface area (Å²) in [6.45, 7) is 10.6. The largest absolute Gasteiger partial charge is 0.480 e. The van der Waals surface area contributed by atoms with Crippen LogP contribution in [0.1, 0.15) is 41.0 Å². The van der Waals surface area contributed by atoms with E-state index in [9.17, 15) is 13.2 Å². The zero-order valence-electron chi connectivity index (χ0n) is 18.3. The Morgan fingerprint density at radius 1 is 1.17 bits per heavy atom. The van der Waals surface area contributed by atoms with Gasteiger partial charge in [0, 0.05) is 31.6 Å². The van der Waals surface area contributed by atoms with Gasteiger partial charge < -0.3 is 14.4 Å². The summed E-state index contributed by atoms with van der Waals surface area (Å²) >= 11 is 1.23. The predicted molar refractivity (Wildman–Crippen MR) is 116 cm³/mol. The number of rotatable bonds is 3. The van der Waals surface area contributed by atoms with E-state index < -0.39 is 21.7 Å². The lowest BCUT2D eigenvalue weighted by atomic mass is 10.2. The number of sulfonamides is 1. The molecular weight excluding hydrogens is 428 g/mol. The molecule has 3 heterocycles. The highest BCUT2D eigenvalue weighted by Crippen LogP contribution is 2.34. The third-order valence-electron chi connectivity index (χ3n) is 3.99. The van der Waals surface area contributed by atoms with Crippen molar-refractivity contribution >= 4 is 37.7 Å². The molecule has 0 aromatic carbocycles. The summed E-state index contributed by atoms with van der Waals surface area (Å²) in [5, 5.41) is 1.55. The van der Waals surface area contributed by atoms with Gasteiger partial charge in [0.1, 0.15) is 27.0 Å². The summed E-state index contributed by atoms with van der Waals surface area (Å²) in [6.07, 6.45) is 2.10. The van der Waals surface area contributed by atoms with Crippen molar-refractivity contribution in [2.75, 3.05) is 33.3 Å². The van der Waals surface area contributed by atoms with Gasteiger partial charge >= 0.3 is 6.09 Å². The number of thiophene rings is 1. The van der Waals surface area contributed by atoms with Crippen molar-refractivity contribution in [1.29, 1.82) is 0 Å². The molecule has 0 N–H and O–H groups in total. The molecule has 1 amide bonds. The first-order chi connectivity index (χ1) is 14.0. The van der Waals surface area contributed by atoms with Gasteiger partial charge in [-0.3, -0.25) is 0 Å². The molecule has 0 radical (unpaired) electrons. The zero-order valence-corrected chi connectivity index (χ0v) is 20.0. The lowest BCUT2D eigenvalue weighted by Gasteiger charge is -2.34. The summed E-state index contributed by atoms with van der Waals surface area (Å²) in [5.74, 6) is 0.348. The number of aromatic nitrogens is 2. The average Bonchev–Trinajstić information content (AvgIpc) is 3.12. The van der Waals surface area contributed by atoms with Crippen LogP contribution in [0, 0.1) is 0 Å². The van der Waals surface area contributed by atoms with Crippen molar-refractivity contribution < 1.29 is 22.7 Å². The molecule has 2 aromatic heterocycles. The Morgan fingerprint density at radius 3 is 2.30 bits per heavy atom. The first-order valence-electron chi connectivity index (χ1n) is 9.79. The van der Waals surface area contributed by atoms with Crippen LogP contribution in [0.25, 0.3) is 10.2 Å². The van der Waals surface area contributed by atoms with Gasteiger partial charge in [-0.25, -0.2) is 23.2 Å². The van der Waals surface area contributed by atoms with E-state index in [4.69, 9.17) is 9.47 Å². The van der Waals surface area contributed by atoms with E-state index in [1.54, 1.807) is 26.2 Å². The van der Waals surface area contributed by atoms with Crippen LogP contribution in [0.5, 0.6) is 5.88 Å². The van der Waals surface area contributed by atoms with E-state index in [2.05, 4.69) is 23.8 Å². The normalized spacial score (nSPS) is 15.5. The summed E-state index contributed by atoms with van der Waals surface area (Å²) < 4.78 is 38.6. The SMILES string of the molecule is CCC.COc1ncnc2c(S(=O)(=O)N3CCN(C(=O)OC(C)(C)C)CC3)csc12. The fourth-order valence-corrected chi connectivity index (χ4v) is 5.58. The van der Waals surface area contributed by atoms with Crippen molar-refractivity contribution in [2.45, 2.75) is 51.5 Å². The Morgan fingerprint density at radius 2 is 1.77 bits per heavy atom. The van der Waals surface area contributed by atoms with Crippen molar-refractivity contribution in [2.24, 2.45) is 0 Å². The van der Waals surface area contributed by atoms with Gasteiger partial charge in [0.25, 0.3) is 0 Å². The molecule has 0 spiro atoms. The number of carbonyl (C=O) groups excluding carboxylic acids is 1. The number of piperazine rings is 1. The van der Waals surface area contributed by atoms with Gasteiger partial charge in [-0.05, 0) is 20.8 Å². The molecule has 3 rings (SSSR count). The monoisotopic (exact) mass is 458 g/mol. The molecule has 11 heteroatoms. The second-order valence-electron chi connectivity index (χ2n) is 7.74. The summed E-state index contributed by atoms with van der Waals surface area (Å²) in [6, 6.07) is 0. The molecule has 0 unspecified atom stereocenters. The fraction of sp³-hybridized carbons (Fsp3) is 0.632. The van der Waals surface area contributed by atoms with Gasteiger partial charge in [0.05, 0.1) is 7.11 Å². The van der Waals surface area contributed by atoms with Crippen molar-refractivity contribution in [3.63, 3.8) is 0 Å². The molecule has 0 saturated carbocycles. The maximum atomic E-state index is 13.1. The standard InChI is InChI=1S/C16H22N4O5S2.C3H8/c1-16(2,3)25-15(21)19-5-7-20(8-6-19)27(22,23)11-9-26-13-12(11)17-10-18-14(13)24-4;1-3-2/h9-10H,5-8H2,1-4H3;3H2,1-2H3. The van der Waals surface area contributed by atoms with Crippen LogP contribution in [0.2, 0.25) is 0 Å².